The zero-order chi connectivity index (χ0) is 80.9. The van der Waals surface area contributed by atoms with E-state index in [9.17, 15) is 105 Å². The van der Waals surface area contributed by atoms with Crippen molar-refractivity contribution in [3.05, 3.63) is 0 Å². The number of rotatable bonds is 38. The fourth-order valence-corrected chi connectivity index (χ4v) is 5.48. The summed E-state index contributed by atoms with van der Waals surface area (Å²) >= 11 is 0. The minimum absolute atomic E-state index is 0. The summed E-state index contributed by atoms with van der Waals surface area (Å²) in [6.45, 7) is 23.5. The first-order valence-corrected chi connectivity index (χ1v) is 30.4. The Kier molecular flexibility index (Phi) is 133. The number of methoxy groups -OCH3 is 1. The maximum absolute atomic E-state index is 11.3. The molecule has 0 saturated heterocycles. The molecule has 0 amide bonds. The third kappa shape index (κ3) is 81.7. The molecule has 0 aromatic heterocycles. The van der Waals surface area contributed by atoms with Crippen molar-refractivity contribution in [3.63, 3.8) is 0 Å². The van der Waals surface area contributed by atoms with Gasteiger partial charge in [-0.15, -0.1) is 0 Å². The monoisotopic (exact) mass is 1700 g/mol. The highest BCUT2D eigenvalue weighted by Gasteiger charge is 2.41. The second kappa shape index (κ2) is 93.5. The second-order valence-electron chi connectivity index (χ2n) is 19.6. The average Bonchev–Trinajstić information content (AvgIpc) is 0.883. The Balaban J connectivity index is -0.0000000441. The molecule has 7 N–H and O–H groups in total. The van der Waals surface area contributed by atoms with Gasteiger partial charge in [0.05, 0.1) is 6.42 Å². The number of hydrogen-bond donors (Lipinski definition) is 7. The molecule has 39 nitrogen and oxygen atoms in total. The number of carbonyl (C=O) groups is 22. The first-order valence-electron chi connectivity index (χ1n) is 30.4. The van der Waals surface area contributed by atoms with Crippen molar-refractivity contribution < 1.29 is 189 Å². The molecule has 0 rings (SSSR count). The second-order valence-corrected chi connectivity index (χ2v) is 19.6. The first-order chi connectivity index (χ1) is 46.6. The van der Waals surface area contributed by atoms with Crippen LogP contribution in [-0.2, 0) is 153 Å². The topological polar surface area (TPSA) is 609 Å². The molecule has 0 aliphatic heterocycles. The Morgan fingerprint density at radius 2 is 0.379 bits per heavy atom. The number of esters is 9. The minimum Gasteiger partial charge on any atom is -0.481 e. The van der Waals surface area contributed by atoms with E-state index in [0.717, 1.165) is 41.7 Å². The Morgan fingerprint density at radius 3 is 0.500 bits per heavy atom. The highest BCUT2D eigenvalue weighted by Crippen LogP contribution is 2.14. The number of carbonyl (C=O) groups excluding carboxylic acids is 16. The number of carboxylic acids is 6. The van der Waals surface area contributed by atoms with Crippen molar-refractivity contribution in [1.82, 2.24) is 0 Å². The summed E-state index contributed by atoms with van der Waals surface area (Å²) in [5.41, 5.74) is 0. The standard InChI is InChI=1S/3C11H16O7.C9H14O6.C8H12O6.C8H12O5.C4H8O.15CH4/c3*1-4-7(13)17-9(6(3)12)10(11(15)16)18-8(14)5-2;1-4-6(11)15-7(5(2)10)8(14-3)9(12)13;1-3-5(10)14-7(4(2)9)6(11)8(12)13;1-3-8(12)13-6(5(2)9)4-7(10)11;1-3-4(2)5;;;;;;;;;;;;;;;/h3*9-10H,4-5H2,1-3H3,(H,15,16);7-8H,4H2,1-3H3,(H,12,13);6-7,11H,3H2,1-2H3,(H,12,13);6H,3-4H2,1-2H3,(H,10,11);3H2,1-2H3;15*1H4. The highest BCUT2D eigenvalue weighted by atomic mass is 16.6. The van der Waals surface area contributed by atoms with Crippen molar-refractivity contribution in [1.29, 1.82) is 0 Å². The third-order valence-electron chi connectivity index (χ3n) is 11.1. The van der Waals surface area contributed by atoms with Gasteiger partial charge in [0, 0.05) is 71.3 Å². The number of ketones is 7. The molecule has 0 bridgehead atoms. The van der Waals surface area contributed by atoms with Crippen LogP contribution < -0.4 is 0 Å². The van der Waals surface area contributed by atoms with Gasteiger partial charge in [-0.25, -0.2) is 24.0 Å². The summed E-state index contributed by atoms with van der Waals surface area (Å²) < 4.78 is 46.2. The molecule has 0 aliphatic carbocycles. The minimum atomic E-state index is -2.01. The van der Waals surface area contributed by atoms with Crippen molar-refractivity contribution in [2.24, 2.45) is 0 Å². The van der Waals surface area contributed by atoms with E-state index in [0.29, 0.717) is 6.42 Å². The first kappa shape index (κ1) is 165. The molecule has 0 heterocycles. The van der Waals surface area contributed by atoms with Crippen LogP contribution in [0.15, 0.2) is 0 Å². The number of Topliss-reactive ketones (excluding diaryl/α,β-unsaturated/α-hetero) is 7. The predicted octanol–water partition coefficient (Wildman–Crippen LogP) is 11.1. The summed E-state index contributed by atoms with van der Waals surface area (Å²) in [6, 6.07) is 0. The summed E-state index contributed by atoms with van der Waals surface area (Å²) in [7, 11) is 1.13. The Bertz CT molecular complexity index is 2560. The molecule has 116 heavy (non-hydrogen) atoms. The zero-order valence-electron chi connectivity index (χ0n) is 59.3. The number of ether oxygens (including phenoxy) is 10. The lowest BCUT2D eigenvalue weighted by molar-refractivity contribution is -0.181. The summed E-state index contributed by atoms with van der Waals surface area (Å²) in [4.78, 5) is 239. The van der Waals surface area contributed by atoms with Crippen LogP contribution in [-0.4, -0.2) is 240 Å². The number of aliphatic hydroxyl groups is 1. The van der Waals surface area contributed by atoms with E-state index in [2.05, 4.69) is 47.4 Å². The number of hydrogen-bond acceptors (Lipinski definition) is 33. The predicted molar refractivity (Wildman–Crippen MR) is 435 cm³/mol. The van der Waals surface area contributed by atoms with Crippen LogP contribution in [0.4, 0.5) is 0 Å². The van der Waals surface area contributed by atoms with Crippen LogP contribution >= 0.6 is 0 Å². The lowest BCUT2D eigenvalue weighted by Gasteiger charge is -2.21. The van der Waals surface area contributed by atoms with Crippen LogP contribution in [0.1, 0.15) is 300 Å². The molecule has 11 unspecified atom stereocenters. The van der Waals surface area contributed by atoms with Crippen molar-refractivity contribution in [2.75, 3.05) is 7.11 Å². The fraction of sp³-hybridized carbons (Fsp3) is 0.714. The van der Waals surface area contributed by atoms with Gasteiger partial charge in [-0.2, -0.15) is 0 Å². The number of aliphatic carboxylic acids is 6. The molecule has 696 valence electrons. The zero-order valence-corrected chi connectivity index (χ0v) is 59.3. The largest absolute Gasteiger partial charge is 0.481 e. The van der Waals surface area contributed by atoms with E-state index in [1.54, 1.807) is 20.8 Å². The van der Waals surface area contributed by atoms with Gasteiger partial charge in [-0.05, 0) is 48.5 Å². The van der Waals surface area contributed by atoms with Crippen molar-refractivity contribution >= 4 is 130 Å². The van der Waals surface area contributed by atoms with E-state index in [1.807, 2.05) is 6.92 Å². The Labute approximate surface area is 690 Å². The van der Waals surface area contributed by atoms with Gasteiger partial charge >= 0.3 is 89.5 Å². The van der Waals surface area contributed by atoms with Crippen LogP contribution in [0.25, 0.3) is 0 Å². The molecular weight excluding hydrogens is 1550 g/mol. The smallest absolute Gasteiger partial charge is 0.349 e. The summed E-state index contributed by atoms with van der Waals surface area (Å²) in [6.07, 6.45) is -17.7. The molecule has 0 saturated carbocycles. The van der Waals surface area contributed by atoms with Crippen LogP contribution in [0, 0.1) is 0 Å². The molecule has 0 aromatic rings. The van der Waals surface area contributed by atoms with Crippen molar-refractivity contribution in [3.8, 4) is 0 Å². The normalized spacial score (nSPS) is 11.4. The van der Waals surface area contributed by atoms with Gasteiger partial charge in [-0.1, -0.05) is 181 Å². The molecule has 0 radical (unpaired) electrons. The van der Waals surface area contributed by atoms with Gasteiger partial charge in [0.25, 0.3) is 0 Å². The molecule has 11 atom stereocenters. The van der Waals surface area contributed by atoms with E-state index in [1.165, 1.54) is 55.4 Å². The average molecular weight is 1700 g/mol. The van der Waals surface area contributed by atoms with E-state index in [4.69, 9.17) is 35.7 Å². The van der Waals surface area contributed by atoms with Gasteiger partial charge in [-0.3, -0.25) is 76.7 Å². The maximum atomic E-state index is 11.3. The number of aliphatic hydroxyl groups excluding tert-OH is 1. The summed E-state index contributed by atoms with van der Waals surface area (Å²) in [5, 5.41) is 61.2. The quantitative estimate of drug-likeness (QED) is 0.0223. The Hall–Kier alpha value is -10.3. The van der Waals surface area contributed by atoms with Crippen LogP contribution in [0.3, 0.4) is 0 Å². The molecule has 0 spiro atoms. The highest BCUT2D eigenvalue weighted by molar-refractivity contribution is 5.94. The SMILES string of the molecule is C.C.C.C.C.C.C.C.C.C.C.C.C.C.C.CCC(=O)OC(C(C)=O)C(O)C(=O)O.CCC(=O)OC(C(C)=O)C(OC(=O)CC)C(=O)O.CCC(=O)OC(C(C)=O)C(OC(=O)CC)C(=O)O.CCC(=O)OC(C(C)=O)C(OC(=O)CC)C(=O)O.CCC(=O)OC(C(C)=O)C(OC)C(=O)O.CCC(=O)OC(CC(=O)O)C(C)=O.CCC(C)=O. The lowest BCUT2D eigenvalue weighted by Crippen LogP contribution is -2.44. The van der Waals surface area contributed by atoms with E-state index >= 15 is 0 Å². The Morgan fingerprint density at radius 1 is 0.224 bits per heavy atom. The van der Waals surface area contributed by atoms with Gasteiger partial charge in [0.15, 0.2) is 65.2 Å². The number of carboxylic acid groups (broad SMARTS) is 6. The third-order valence-corrected chi connectivity index (χ3v) is 11.1. The fourth-order valence-electron chi connectivity index (χ4n) is 5.48. The summed E-state index contributed by atoms with van der Waals surface area (Å²) in [5.74, 6) is -18.8. The van der Waals surface area contributed by atoms with Gasteiger partial charge in [0.1, 0.15) is 5.78 Å². The van der Waals surface area contributed by atoms with Crippen LogP contribution in [0.5, 0.6) is 0 Å². The maximum Gasteiger partial charge on any atom is 0.349 e. The molecule has 39 heteroatoms. The molecule has 0 fully saturated rings. The van der Waals surface area contributed by atoms with Gasteiger partial charge in [0.2, 0.25) is 36.6 Å². The lowest BCUT2D eigenvalue weighted by atomic mass is 10.1. The van der Waals surface area contributed by atoms with E-state index < -0.39 is 198 Å². The van der Waals surface area contributed by atoms with Gasteiger partial charge < -0.3 is 87.9 Å². The van der Waals surface area contributed by atoms with Crippen LogP contribution in [0.2, 0.25) is 0 Å². The van der Waals surface area contributed by atoms with Crippen molar-refractivity contribution in [2.45, 2.75) is 367 Å². The molecule has 0 aromatic carbocycles. The molecule has 0 aliphatic rings. The van der Waals surface area contributed by atoms with E-state index in [-0.39, 0.29) is 175 Å². The molecular formula is C77H154O39.